The smallest absolute Gasteiger partial charge is 0.197 e. The maximum absolute atomic E-state index is 5.50. The van der Waals surface area contributed by atoms with Crippen molar-refractivity contribution in [2.24, 2.45) is 0 Å². The van der Waals surface area contributed by atoms with Gasteiger partial charge in [0.2, 0.25) is 0 Å². The number of anilines is 1. The molecular formula is C18H22N6O. The minimum absolute atomic E-state index is 0.633. The van der Waals surface area contributed by atoms with Crippen LogP contribution in [0.3, 0.4) is 0 Å². The van der Waals surface area contributed by atoms with Crippen molar-refractivity contribution in [2.45, 2.75) is 33.2 Å². The van der Waals surface area contributed by atoms with Crippen molar-refractivity contribution in [1.82, 2.24) is 25.5 Å². The summed E-state index contributed by atoms with van der Waals surface area (Å²) in [5.74, 6) is 2.22. The van der Waals surface area contributed by atoms with E-state index in [2.05, 4.69) is 20.8 Å². The summed E-state index contributed by atoms with van der Waals surface area (Å²) in [6, 6.07) is 3.75. The van der Waals surface area contributed by atoms with Crippen LogP contribution < -0.4 is 10.6 Å². The van der Waals surface area contributed by atoms with Crippen LogP contribution in [0.25, 0.3) is 11.6 Å². The summed E-state index contributed by atoms with van der Waals surface area (Å²) in [5, 5.41) is 14.2. The first-order chi connectivity index (χ1) is 12.2. The molecule has 0 aliphatic carbocycles. The number of H-pyrrole nitrogens is 1. The van der Waals surface area contributed by atoms with Gasteiger partial charge in [-0.15, -0.1) is 0 Å². The second kappa shape index (κ2) is 6.68. The molecule has 7 nitrogen and oxygen atoms in total. The number of fused-ring (bicyclic) bond motifs is 1. The summed E-state index contributed by atoms with van der Waals surface area (Å²) in [4.78, 5) is 9.51. The van der Waals surface area contributed by atoms with Crippen LogP contribution in [-0.2, 0) is 19.4 Å². The van der Waals surface area contributed by atoms with E-state index in [-0.39, 0.29) is 0 Å². The number of aryl methyl sites for hydroxylation is 2. The van der Waals surface area contributed by atoms with E-state index in [0.717, 1.165) is 48.8 Å². The zero-order chi connectivity index (χ0) is 17.2. The second-order valence-corrected chi connectivity index (χ2v) is 6.31. The van der Waals surface area contributed by atoms with Gasteiger partial charge in [-0.25, -0.2) is 9.97 Å². The van der Waals surface area contributed by atoms with Crippen LogP contribution in [-0.4, -0.2) is 33.3 Å². The van der Waals surface area contributed by atoms with E-state index in [4.69, 9.17) is 14.4 Å². The van der Waals surface area contributed by atoms with E-state index in [0.29, 0.717) is 18.1 Å². The highest BCUT2D eigenvalue weighted by Crippen LogP contribution is 2.25. The largest absolute Gasteiger partial charge is 0.461 e. The molecule has 4 rings (SSSR count). The van der Waals surface area contributed by atoms with E-state index in [9.17, 15) is 0 Å². The van der Waals surface area contributed by atoms with E-state index in [1.807, 2.05) is 26.0 Å². The third-order valence-corrected chi connectivity index (χ3v) is 4.64. The normalized spacial score (nSPS) is 14.2. The van der Waals surface area contributed by atoms with Crippen molar-refractivity contribution in [3.63, 3.8) is 0 Å². The van der Waals surface area contributed by atoms with E-state index in [1.54, 1.807) is 6.26 Å². The molecule has 1 aliphatic heterocycles. The average Bonchev–Trinajstić information content (AvgIpc) is 3.18. The standard InChI is InChI=1S/C18H22N6O/c1-11-14(12(2)24-23-11)10-20-17-13-5-7-19-8-6-15(13)21-18(22-17)16-4-3-9-25-16/h3-4,9,19H,5-8,10H2,1-2H3,(H,23,24)(H,20,21,22). The van der Waals surface area contributed by atoms with E-state index < -0.39 is 0 Å². The highest BCUT2D eigenvalue weighted by molar-refractivity contribution is 5.56. The first kappa shape index (κ1) is 15.8. The predicted octanol–water partition coefficient (Wildman–Crippen LogP) is 2.38. The second-order valence-electron chi connectivity index (χ2n) is 6.31. The van der Waals surface area contributed by atoms with Gasteiger partial charge in [0, 0.05) is 36.3 Å². The number of nitrogens with zero attached hydrogens (tertiary/aromatic N) is 3. The molecule has 0 amide bonds. The number of hydrogen-bond acceptors (Lipinski definition) is 6. The van der Waals surface area contributed by atoms with Gasteiger partial charge in [0.1, 0.15) is 5.82 Å². The minimum Gasteiger partial charge on any atom is -0.461 e. The SMILES string of the molecule is Cc1n[nH]c(C)c1CNc1nc(-c2ccco2)nc2c1CCNCC2. The molecule has 25 heavy (non-hydrogen) atoms. The summed E-state index contributed by atoms with van der Waals surface area (Å²) in [6.45, 7) is 6.60. The van der Waals surface area contributed by atoms with Crippen LogP contribution >= 0.6 is 0 Å². The highest BCUT2D eigenvalue weighted by atomic mass is 16.3. The third-order valence-electron chi connectivity index (χ3n) is 4.64. The number of aromatic nitrogens is 4. The predicted molar refractivity (Wildman–Crippen MR) is 95.4 cm³/mol. The van der Waals surface area contributed by atoms with Gasteiger partial charge in [-0.3, -0.25) is 5.10 Å². The van der Waals surface area contributed by atoms with Gasteiger partial charge in [-0.05, 0) is 38.9 Å². The molecule has 3 aromatic heterocycles. The van der Waals surface area contributed by atoms with Gasteiger partial charge in [0.15, 0.2) is 11.6 Å². The molecule has 0 saturated heterocycles. The van der Waals surface area contributed by atoms with Gasteiger partial charge < -0.3 is 15.1 Å². The Kier molecular flexibility index (Phi) is 4.23. The van der Waals surface area contributed by atoms with E-state index >= 15 is 0 Å². The lowest BCUT2D eigenvalue weighted by molar-refractivity contribution is 0.576. The summed E-state index contributed by atoms with van der Waals surface area (Å²) in [6.07, 6.45) is 3.46. The molecule has 0 radical (unpaired) electrons. The number of hydrogen-bond donors (Lipinski definition) is 3. The fourth-order valence-electron chi connectivity index (χ4n) is 3.21. The molecule has 130 valence electrons. The van der Waals surface area contributed by atoms with Crippen molar-refractivity contribution in [1.29, 1.82) is 0 Å². The third kappa shape index (κ3) is 3.15. The highest BCUT2D eigenvalue weighted by Gasteiger charge is 2.19. The van der Waals surface area contributed by atoms with Crippen LogP contribution in [0.2, 0.25) is 0 Å². The maximum Gasteiger partial charge on any atom is 0.197 e. The Balaban J connectivity index is 1.70. The summed E-state index contributed by atoms with van der Waals surface area (Å²) < 4.78 is 5.50. The van der Waals surface area contributed by atoms with Crippen LogP contribution in [0.4, 0.5) is 5.82 Å². The molecule has 4 heterocycles. The monoisotopic (exact) mass is 338 g/mol. The topological polar surface area (TPSA) is 91.7 Å². The Morgan fingerprint density at radius 2 is 2.08 bits per heavy atom. The first-order valence-electron chi connectivity index (χ1n) is 8.61. The first-order valence-corrected chi connectivity index (χ1v) is 8.61. The Labute approximate surface area is 146 Å². The Hall–Kier alpha value is -2.67. The lowest BCUT2D eigenvalue weighted by Crippen LogP contribution is -2.16. The number of furan rings is 1. The molecule has 1 aliphatic rings. The van der Waals surface area contributed by atoms with Crippen molar-refractivity contribution in [3.8, 4) is 11.6 Å². The van der Waals surface area contributed by atoms with Crippen LogP contribution in [0.15, 0.2) is 22.8 Å². The lowest BCUT2D eigenvalue weighted by Gasteiger charge is -2.14. The molecule has 0 fully saturated rings. The average molecular weight is 338 g/mol. The quantitative estimate of drug-likeness (QED) is 0.676. The van der Waals surface area contributed by atoms with Crippen molar-refractivity contribution in [2.75, 3.05) is 18.4 Å². The summed E-state index contributed by atoms with van der Waals surface area (Å²) >= 11 is 0. The van der Waals surface area contributed by atoms with Gasteiger partial charge in [0.05, 0.1) is 17.7 Å². The van der Waals surface area contributed by atoms with Gasteiger partial charge >= 0.3 is 0 Å². The Morgan fingerprint density at radius 1 is 1.20 bits per heavy atom. The number of aromatic amines is 1. The van der Waals surface area contributed by atoms with Gasteiger partial charge in [0.25, 0.3) is 0 Å². The zero-order valence-electron chi connectivity index (χ0n) is 14.5. The molecule has 7 heteroatoms. The molecule has 3 N–H and O–H groups in total. The fourth-order valence-corrected chi connectivity index (χ4v) is 3.21. The number of nitrogens with one attached hydrogen (secondary N) is 3. The Bertz CT molecular complexity index is 849. The fraction of sp³-hybridized carbons (Fsp3) is 0.389. The maximum atomic E-state index is 5.50. The molecule has 0 spiro atoms. The molecule has 3 aromatic rings. The molecule has 0 aromatic carbocycles. The molecular weight excluding hydrogens is 316 g/mol. The zero-order valence-corrected chi connectivity index (χ0v) is 14.5. The van der Waals surface area contributed by atoms with Crippen molar-refractivity contribution < 1.29 is 4.42 Å². The molecule has 0 unspecified atom stereocenters. The number of rotatable bonds is 4. The van der Waals surface area contributed by atoms with Gasteiger partial charge in [-0.1, -0.05) is 0 Å². The molecule has 0 bridgehead atoms. The van der Waals surface area contributed by atoms with Crippen molar-refractivity contribution >= 4 is 5.82 Å². The summed E-state index contributed by atoms with van der Waals surface area (Å²) in [5.41, 5.74) is 5.56. The van der Waals surface area contributed by atoms with Crippen molar-refractivity contribution in [3.05, 3.63) is 46.6 Å². The van der Waals surface area contributed by atoms with Crippen LogP contribution in [0, 0.1) is 13.8 Å². The minimum atomic E-state index is 0.633. The van der Waals surface area contributed by atoms with Gasteiger partial charge in [-0.2, -0.15) is 5.10 Å². The van der Waals surface area contributed by atoms with E-state index in [1.165, 1.54) is 11.1 Å². The van der Waals surface area contributed by atoms with Crippen LogP contribution in [0.1, 0.15) is 28.2 Å². The molecule has 0 saturated carbocycles. The molecule has 0 atom stereocenters. The lowest BCUT2D eigenvalue weighted by atomic mass is 10.1. The van der Waals surface area contributed by atoms with Crippen LogP contribution in [0.5, 0.6) is 0 Å². The Morgan fingerprint density at radius 3 is 2.84 bits per heavy atom. The summed E-state index contributed by atoms with van der Waals surface area (Å²) in [7, 11) is 0.